The molecule has 0 amide bonds. The molecule has 0 spiro atoms. The molecule has 1 unspecified atom stereocenters. The van der Waals surface area contributed by atoms with Crippen molar-refractivity contribution in [2.24, 2.45) is 0 Å². The molecule has 27 heavy (non-hydrogen) atoms. The van der Waals surface area contributed by atoms with Crippen molar-refractivity contribution in [1.29, 1.82) is 0 Å². The van der Waals surface area contributed by atoms with Gasteiger partial charge in [-0.05, 0) is 73.7 Å². The van der Waals surface area contributed by atoms with Crippen molar-refractivity contribution in [2.45, 2.75) is 41.4 Å². The fraction of sp³-hybridized carbons (Fsp3) is 0.200. The summed E-state index contributed by atoms with van der Waals surface area (Å²) >= 11 is 1.78. The first-order chi connectivity index (χ1) is 13.1. The summed E-state index contributed by atoms with van der Waals surface area (Å²) < 4.78 is 13.2. The minimum Gasteiger partial charge on any atom is -0.207 e. The number of terminal acetylenes is 1. The summed E-state index contributed by atoms with van der Waals surface area (Å²) in [6.45, 7) is 2.06. The summed E-state index contributed by atoms with van der Waals surface area (Å²) in [4.78, 5) is 2.49. The Morgan fingerprint density at radius 3 is 2.33 bits per heavy atom. The van der Waals surface area contributed by atoms with Crippen LogP contribution in [0.4, 0.5) is 4.39 Å². The standard InChI is InChI=1S/C25H23FS/c1-3-25(2,21-14-16-22(26)17-15-21)18-8-10-20-9-7-13-24(19-20)27-23-11-5-4-6-12-23/h1,4-7,9,11-17,19H,8,10,18H2,2H3. The van der Waals surface area contributed by atoms with Gasteiger partial charge < -0.3 is 0 Å². The van der Waals surface area contributed by atoms with Gasteiger partial charge in [-0.25, -0.2) is 4.39 Å². The predicted octanol–water partition coefficient (Wildman–Crippen LogP) is 6.89. The van der Waals surface area contributed by atoms with E-state index in [9.17, 15) is 4.39 Å². The van der Waals surface area contributed by atoms with Crippen molar-refractivity contribution >= 4 is 11.8 Å². The molecule has 136 valence electrons. The van der Waals surface area contributed by atoms with Gasteiger partial charge in [0.2, 0.25) is 0 Å². The molecule has 0 saturated carbocycles. The molecule has 0 bridgehead atoms. The maximum Gasteiger partial charge on any atom is 0.123 e. The Labute approximate surface area is 165 Å². The van der Waals surface area contributed by atoms with Gasteiger partial charge in [-0.3, -0.25) is 0 Å². The normalized spacial score (nSPS) is 12.9. The summed E-state index contributed by atoms with van der Waals surface area (Å²) in [5.74, 6) is 2.69. The van der Waals surface area contributed by atoms with E-state index in [0.29, 0.717) is 0 Å². The molecule has 3 aromatic rings. The highest BCUT2D eigenvalue weighted by atomic mass is 32.2. The lowest BCUT2D eigenvalue weighted by Gasteiger charge is -2.24. The van der Waals surface area contributed by atoms with Crippen molar-refractivity contribution in [2.75, 3.05) is 0 Å². The van der Waals surface area contributed by atoms with Crippen molar-refractivity contribution in [1.82, 2.24) is 0 Å². The topological polar surface area (TPSA) is 0 Å². The average molecular weight is 375 g/mol. The summed E-state index contributed by atoms with van der Waals surface area (Å²) in [7, 11) is 0. The zero-order chi connectivity index (χ0) is 19.1. The average Bonchev–Trinajstić information content (AvgIpc) is 2.69. The maximum atomic E-state index is 13.2. The van der Waals surface area contributed by atoms with Crippen LogP contribution < -0.4 is 0 Å². The van der Waals surface area contributed by atoms with E-state index in [4.69, 9.17) is 6.42 Å². The summed E-state index contributed by atoms with van der Waals surface area (Å²) in [5.41, 5.74) is 1.94. The molecule has 3 rings (SSSR count). The molecule has 1 atom stereocenters. The van der Waals surface area contributed by atoms with Crippen molar-refractivity contribution in [3.05, 3.63) is 95.8 Å². The molecule has 0 radical (unpaired) electrons. The highest BCUT2D eigenvalue weighted by Gasteiger charge is 2.23. The van der Waals surface area contributed by atoms with Crippen molar-refractivity contribution in [3.63, 3.8) is 0 Å². The van der Waals surface area contributed by atoms with Gasteiger partial charge >= 0.3 is 0 Å². The lowest BCUT2D eigenvalue weighted by Crippen LogP contribution is -2.19. The number of hydrogen-bond acceptors (Lipinski definition) is 1. The second-order valence-electron chi connectivity index (χ2n) is 6.90. The summed E-state index contributed by atoms with van der Waals surface area (Å²) in [6.07, 6.45) is 8.64. The highest BCUT2D eigenvalue weighted by molar-refractivity contribution is 7.99. The predicted molar refractivity (Wildman–Crippen MR) is 113 cm³/mol. The van der Waals surface area contributed by atoms with Gasteiger partial charge in [-0.2, -0.15) is 0 Å². The Bertz CT molecular complexity index is 909. The molecule has 3 aromatic carbocycles. The van der Waals surface area contributed by atoms with Gasteiger partial charge in [-0.15, -0.1) is 6.42 Å². The van der Waals surface area contributed by atoms with Crippen LogP contribution in [0.2, 0.25) is 0 Å². The van der Waals surface area contributed by atoms with Gasteiger partial charge in [0, 0.05) is 9.79 Å². The monoisotopic (exact) mass is 374 g/mol. The zero-order valence-electron chi connectivity index (χ0n) is 15.5. The number of hydrogen-bond donors (Lipinski definition) is 0. The molecule has 0 N–H and O–H groups in total. The van der Waals surface area contributed by atoms with Crippen LogP contribution in [0.5, 0.6) is 0 Å². The second kappa shape index (κ2) is 8.93. The Morgan fingerprint density at radius 2 is 1.63 bits per heavy atom. The first kappa shape index (κ1) is 19.3. The zero-order valence-corrected chi connectivity index (χ0v) is 16.3. The van der Waals surface area contributed by atoms with Crippen LogP contribution >= 0.6 is 11.8 Å². The van der Waals surface area contributed by atoms with Gasteiger partial charge in [-0.1, -0.05) is 60.1 Å². The molecule has 0 fully saturated rings. The first-order valence-corrected chi connectivity index (χ1v) is 9.96. The minimum absolute atomic E-state index is 0.231. The first-order valence-electron chi connectivity index (χ1n) is 9.15. The van der Waals surface area contributed by atoms with Crippen LogP contribution in [-0.2, 0) is 11.8 Å². The Hall–Kier alpha value is -2.50. The van der Waals surface area contributed by atoms with E-state index >= 15 is 0 Å². The summed E-state index contributed by atoms with van der Waals surface area (Å²) in [5, 5.41) is 0. The Kier molecular flexibility index (Phi) is 6.37. The molecule has 2 heteroatoms. The lowest BCUT2D eigenvalue weighted by molar-refractivity contribution is 0.531. The second-order valence-corrected chi connectivity index (χ2v) is 8.05. The number of aryl methyl sites for hydroxylation is 1. The SMILES string of the molecule is C#CC(C)(CCCc1cccc(Sc2ccccc2)c1)c1ccc(F)cc1. The fourth-order valence-corrected chi connectivity index (χ4v) is 4.08. The Morgan fingerprint density at radius 1 is 0.926 bits per heavy atom. The highest BCUT2D eigenvalue weighted by Crippen LogP contribution is 2.31. The third-order valence-electron chi connectivity index (χ3n) is 4.82. The number of benzene rings is 3. The van der Waals surface area contributed by atoms with Crippen LogP contribution in [0.15, 0.2) is 88.7 Å². The maximum absolute atomic E-state index is 13.2. The molecule has 0 aliphatic rings. The molecule has 0 aliphatic heterocycles. The van der Waals surface area contributed by atoms with Gasteiger partial charge in [0.25, 0.3) is 0 Å². The van der Waals surface area contributed by atoms with Crippen molar-refractivity contribution < 1.29 is 4.39 Å². The van der Waals surface area contributed by atoms with E-state index in [1.807, 2.05) is 6.07 Å². The molecule has 0 aromatic heterocycles. The van der Waals surface area contributed by atoms with E-state index in [0.717, 1.165) is 24.8 Å². The van der Waals surface area contributed by atoms with Crippen LogP contribution in [0, 0.1) is 18.2 Å². The van der Waals surface area contributed by atoms with Crippen LogP contribution in [0.25, 0.3) is 0 Å². The van der Waals surface area contributed by atoms with E-state index in [-0.39, 0.29) is 11.2 Å². The van der Waals surface area contributed by atoms with Crippen LogP contribution in [-0.4, -0.2) is 0 Å². The van der Waals surface area contributed by atoms with Crippen LogP contribution in [0.1, 0.15) is 30.9 Å². The number of rotatable bonds is 7. The van der Waals surface area contributed by atoms with Gasteiger partial charge in [0.05, 0.1) is 5.41 Å². The largest absolute Gasteiger partial charge is 0.207 e. The Balaban J connectivity index is 1.62. The molecule has 0 nitrogen and oxygen atoms in total. The van der Waals surface area contributed by atoms with E-state index < -0.39 is 0 Å². The summed E-state index contributed by atoms with van der Waals surface area (Å²) in [6, 6.07) is 25.6. The van der Waals surface area contributed by atoms with Crippen molar-refractivity contribution in [3.8, 4) is 12.3 Å². The molecular weight excluding hydrogens is 351 g/mol. The molecular formula is C25H23FS. The van der Waals surface area contributed by atoms with Gasteiger partial charge in [0.15, 0.2) is 0 Å². The van der Waals surface area contributed by atoms with Gasteiger partial charge in [0.1, 0.15) is 5.82 Å². The van der Waals surface area contributed by atoms with E-state index in [2.05, 4.69) is 61.4 Å². The molecule has 0 heterocycles. The van der Waals surface area contributed by atoms with E-state index in [1.165, 1.54) is 27.5 Å². The molecule has 0 saturated heterocycles. The number of halogens is 1. The molecule has 0 aliphatic carbocycles. The smallest absolute Gasteiger partial charge is 0.123 e. The third kappa shape index (κ3) is 5.25. The fourth-order valence-electron chi connectivity index (χ4n) is 3.15. The minimum atomic E-state index is -0.371. The third-order valence-corrected chi connectivity index (χ3v) is 5.82. The van der Waals surface area contributed by atoms with Crippen LogP contribution in [0.3, 0.4) is 0 Å². The quantitative estimate of drug-likeness (QED) is 0.406. The lowest BCUT2D eigenvalue weighted by atomic mass is 9.79. The van der Waals surface area contributed by atoms with E-state index in [1.54, 1.807) is 23.9 Å².